The Morgan fingerprint density at radius 2 is 1.71 bits per heavy atom. The minimum Gasteiger partial charge on any atom is -0.481 e. The van der Waals surface area contributed by atoms with E-state index in [-0.39, 0.29) is 0 Å². The van der Waals surface area contributed by atoms with Gasteiger partial charge in [0.05, 0.1) is 0 Å². The van der Waals surface area contributed by atoms with Gasteiger partial charge in [0.1, 0.15) is 0 Å². The molecule has 4 heteroatoms. The highest BCUT2D eigenvalue weighted by Gasteiger charge is 2.95. The van der Waals surface area contributed by atoms with Crippen LogP contribution in [0.25, 0.3) is 0 Å². The van der Waals surface area contributed by atoms with Crippen molar-refractivity contribution in [3.8, 4) is 0 Å². The molecule has 5 fully saturated rings. The molecule has 136 valence electrons. The van der Waals surface area contributed by atoms with E-state index >= 15 is 0 Å². The lowest BCUT2D eigenvalue weighted by Crippen LogP contribution is -2.42. The van der Waals surface area contributed by atoms with Crippen LogP contribution in [0.3, 0.4) is 0 Å². The Morgan fingerprint density at radius 1 is 1.12 bits per heavy atom. The van der Waals surface area contributed by atoms with Gasteiger partial charge in [-0.25, -0.2) is 0 Å². The molecule has 5 aliphatic rings. The van der Waals surface area contributed by atoms with Gasteiger partial charge in [-0.1, -0.05) is 27.7 Å². The maximum atomic E-state index is 11.0. The van der Waals surface area contributed by atoms with E-state index in [9.17, 15) is 4.79 Å². The zero-order valence-corrected chi connectivity index (χ0v) is 15.7. The van der Waals surface area contributed by atoms with E-state index in [4.69, 9.17) is 15.0 Å². The Labute approximate surface area is 145 Å². The van der Waals surface area contributed by atoms with E-state index in [1.54, 1.807) is 0 Å². The number of aliphatic carboxylic acids is 2. The van der Waals surface area contributed by atoms with E-state index in [1.165, 1.54) is 25.7 Å². The predicted octanol–water partition coefficient (Wildman–Crippen LogP) is 4.43. The van der Waals surface area contributed by atoms with Gasteiger partial charge in [0.2, 0.25) is 0 Å². The quantitative estimate of drug-likeness (QED) is 0.799. The van der Waals surface area contributed by atoms with Gasteiger partial charge in [-0.05, 0) is 71.5 Å². The Bertz CT molecular complexity index is 574. The molecule has 24 heavy (non-hydrogen) atoms. The fourth-order valence-corrected chi connectivity index (χ4v) is 8.15. The summed E-state index contributed by atoms with van der Waals surface area (Å²) in [6.45, 7) is 11.1. The maximum Gasteiger partial charge on any atom is 0.303 e. The van der Waals surface area contributed by atoms with E-state index in [0.29, 0.717) is 34.0 Å². The predicted molar refractivity (Wildman–Crippen MR) is 91.5 cm³/mol. The molecule has 5 atom stereocenters. The summed E-state index contributed by atoms with van der Waals surface area (Å²) in [5.74, 6) is 1.03. The van der Waals surface area contributed by atoms with Crippen molar-refractivity contribution in [1.82, 2.24) is 0 Å². The SMILES string of the molecule is CC(=O)O.CC1(C)CCC(CCC(=O)O)C23C4CC(CC412)C3(C)C. The molecule has 2 N–H and O–H groups in total. The lowest BCUT2D eigenvalue weighted by atomic mass is 9.56. The summed E-state index contributed by atoms with van der Waals surface area (Å²) in [6.07, 6.45) is 6.71. The van der Waals surface area contributed by atoms with Gasteiger partial charge in [-0.15, -0.1) is 0 Å². The van der Waals surface area contributed by atoms with Crippen LogP contribution in [0.5, 0.6) is 0 Å². The van der Waals surface area contributed by atoms with Gasteiger partial charge in [-0.3, -0.25) is 9.59 Å². The second kappa shape index (κ2) is 4.98. The van der Waals surface area contributed by atoms with Gasteiger partial charge < -0.3 is 10.2 Å². The van der Waals surface area contributed by atoms with Crippen LogP contribution in [0.1, 0.15) is 73.1 Å². The van der Waals surface area contributed by atoms with E-state index in [2.05, 4.69) is 27.7 Å². The minimum atomic E-state index is -0.833. The molecule has 4 bridgehead atoms. The molecule has 5 unspecified atom stereocenters. The molecule has 5 saturated carbocycles. The van der Waals surface area contributed by atoms with Gasteiger partial charge in [-0.2, -0.15) is 0 Å². The van der Waals surface area contributed by atoms with Gasteiger partial charge >= 0.3 is 5.97 Å². The summed E-state index contributed by atoms with van der Waals surface area (Å²) in [5, 5.41) is 16.5. The van der Waals surface area contributed by atoms with Gasteiger partial charge in [0.15, 0.2) is 0 Å². The first-order chi connectivity index (χ1) is 10.9. The monoisotopic (exact) mass is 336 g/mol. The molecule has 5 aliphatic carbocycles. The third-order valence-electron chi connectivity index (χ3n) is 8.65. The second-order valence-electron chi connectivity index (χ2n) is 9.82. The number of carbonyl (C=O) groups is 2. The normalized spacial score (nSPS) is 45.0. The van der Waals surface area contributed by atoms with Crippen LogP contribution in [0, 0.1) is 39.4 Å². The standard InChI is InChI=1S/C18H28O2.C2H4O2/c1-15(2)8-7-11(5-6-14(19)20)18-13-9-12(16(18,3)4)10-17(13,15)18;1-2(3)4/h11-13H,5-10H2,1-4H3,(H,19,20);1H3,(H,3,4). The van der Waals surface area contributed by atoms with Crippen LogP contribution in [0.15, 0.2) is 0 Å². The van der Waals surface area contributed by atoms with Crippen LogP contribution >= 0.6 is 0 Å². The number of rotatable bonds is 3. The summed E-state index contributed by atoms with van der Waals surface area (Å²) in [7, 11) is 0. The molecular formula is C20H32O4. The summed E-state index contributed by atoms with van der Waals surface area (Å²) in [4.78, 5) is 20.0. The number of hydrogen-bond donors (Lipinski definition) is 2. The highest BCUT2D eigenvalue weighted by atomic mass is 16.4. The molecule has 0 aromatic heterocycles. The molecule has 0 saturated heterocycles. The maximum absolute atomic E-state index is 11.0. The molecule has 0 heterocycles. The highest BCUT2D eigenvalue weighted by molar-refractivity contribution is 5.66. The summed E-state index contributed by atoms with van der Waals surface area (Å²) >= 11 is 0. The lowest BCUT2D eigenvalue weighted by Gasteiger charge is -2.48. The topological polar surface area (TPSA) is 74.6 Å². The molecule has 0 aromatic rings. The average molecular weight is 336 g/mol. The van der Waals surface area contributed by atoms with Crippen LogP contribution < -0.4 is 0 Å². The smallest absolute Gasteiger partial charge is 0.303 e. The molecule has 4 nitrogen and oxygen atoms in total. The number of carboxylic acids is 2. The van der Waals surface area contributed by atoms with Crippen LogP contribution in [-0.2, 0) is 9.59 Å². The third kappa shape index (κ3) is 1.80. The first-order valence-electron chi connectivity index (χ1n) is 9.36. The van der Waals surface area contributed by atoms with Crippen LogP contribution in [-0.4, -0.2) is 22.2 Å². The van der Waals surface area contributed by atoms with Crippen LogP contribution in [0.4, 0.5) is 0 Å². The Hall–Kier alpha value is -1.06. The molecule has 0 aromatic carbocycles. The first kappa shape index (κ1) is 17.8. The zero-order chi connectivity index (χ0) is 18.1. The number of carboxylic acid groups (broad SMARTS) is 2. The highest BCUT2D eigenvalue weighted by Crippen LogP contribution is 3.00. The fourth-order valence-electron chi connectivity index (χ4n) is 8.15. The Kier molecular flexibility index (Phi) is 3.69. The van der Waals surface area contributed by atoms with E-state index in [1.807, 2.05) is 0 Å². The molecule has 0 aliphatic heterocycles. The van der Waals surface area contributed by atoms with Crippen molar-refractivity contribution >= 4 is 11.9 Å². The van der Waals surface area contributed by atoms with Crippen molar-refractivity contribution in [2.45, 2.75) is 73.1 Å². The van der Waals surface area contributed by atoms with Crippen molar-refractivity contribution in [1.29, 1.82) is 0 Å². The Morgan fingerprint density at radius 3 is 2.21 bits per heavy atom. The molecule has 2 spiro atoms. The van der Waals surface area contributed by atoms with Gasteiger partial charge in [0, 0.05) is 13.3 Å². The zero-order valence-electron chi connectivity index (χ0n) is 15.7. The summed E-state index contributed by atoms with van der Waals surface area (Å²) < 4.78 is 0. The Balaban J connectivity index is 0.000000383. The largest absolute Gasteiger partial charge is 0.481 e. The first-order valence-corrected chi connectivity index (χ1v) is 9.36. The molecular weight excluding hydrogens is 304 g/mol. The molecule has 0 radical (unpaired) electrons. The van der Waals surface area contributed by atoms with Crippen LogP contribution in [0.2, 0.25) is 0 Å². The molecule has 5 rings (SSSR count). The third-order valence-corrected chi connectivity index (χ3v) is 8.65. The van der Waals surface area contributed by atoms with Crippen molar-refractivity contribution in [2.75, 3.05) is 0 Å². The fraction of sp³-hybridized carbons (Fsp3) is 0.900. The second-order valence-corrected chi connectivity index (χ2v) is 9.82. The lowest BCUT2D eigenvalue weighted by molar-refractivity contribution is -0.138. The van der Waals surface area contributed by atoms with Crippen molar-refractivity contribution < 1.29 is 19.8 Å². The minimum absolute atomic E-state index is 0.371. The molecule has 0 amide bonds. The summed E-state index contributed by atoms with van der Waals surface area (Å²) in [5.41, 5.74) is 1.97. The van der Waals surface area contributed by atoms with E-state index in [0.717, 1.165) is 25.2 Å². The van der Waals surface area contributed by atoms with Crippen molar-refractivity contribution in [3.05, 3.63) is 0 Å². The van der Waals surface area contributed by atoms with Crippen molar-refractivity contribution in [3.63, 3.8) is 0 Å². The van der Waals surface area contributed by atoms with Crippen molar-refractivity contribution in [2.24, 2.45) is 39.4 Å². The summed E-state index contributed by atoms with van der Waals surface area (Å²) in [6, 6.07) is 0. The average Bonchev–Trinajstić information content (AvgIpc) is 2.67. The van der Waals surface area contributed by atoms with E-state index < -0.39 is 11.9 Å². The number of hydrogen-bond acceptors (Lipinski definition) is 2. The van der Waals surface area contributed by atoms with Gasteiger partial charge in [0.25, 0.3) is 5.97 Å².